The van der Waals surface area contributed by atoms with Crippen LogP contribution in [0.5, 0.6) is 0 Å². The van der Waals surface area contributed by atoms with Crippen molar-refractivity contribution in [2.24, 2.45) is 7.05 Å². The van der Waals surface area contributed by atoms with E-state index in [9.17, 15) is 8.78 Å². The third-order valence-electron chi connectivity index (χ3n) is 3.36. The fraction of sp³-hybridized carbons (Fsp3) is 0.357. The van der Waals surface area contributed by atoms with Gasteiger partial charge in [0.2, 0.25) is 0 Å². The number of nitrogens with zero attached hydrogens (tertiary/aromatic N) is 3. The minimum absolute atomic E-state index is 0.0644. The summed E-state index contributed by atoms with van der Waals surface area (Å²) in [4.78, 5) is 1.70. The highest BCUT2D eigenvalue weighted by atomic mass is 35.5. The summed E-state index contributed by atoms with van der Waals surface area (Å²) in [5.74, 6) is -3.08. The molecular formula is C14H15Cl2F2N3. The molecule has 1 aromatic rings. The van der Waals surface area contributed by atoms with Crippen LogP contribution in [0.2, 0.25) is 5.02 Å². The van der Waals surface area contributed by atoms with Crippen molar-refractivity contribution in [2.45, 2.75) is 19.8 Å². The number of hydrogen-bond donors (Lipinski definition) is 0. The minimum Gasteiger partial charge on any atom is -0.342 e. The highest BCUT2D eigenvalue weighted by Crippen LogP contribution is 2.41. The molecule has 2 rings (SSSR count). The maximum Gasteiger partial charge on any atom is 0.288 e. The molecule has 3 nitrogen and oxygen atoms in total. The maximum absolute atomic E-state index is 13.7. The lowest BCUT2D eigenvalue weighted by Gasteiger charge is -2.28. The molecule has 0 bridgehead atoms. The number of aryl methyl sites for hydroxylation is 1. The Kier molecular flexibility index (Phi) is 3.93. The number of halogens is 4. The van der Waals surface area contributed by atoms with Gasteiger partial charge in [-0.2, -0.15) is 13.9 Å². The molecular weight excluding hydrogens is 319 g/mol. The van der Waals surface area contributed by atoms with Gasteiger partial charge >= 0.3 is 0 Å². The van der Waals surface area contributed by atoms with Crippen LogP contribution in [0.3, 0.4) is 0 Å². The van der Waals surface area contributed by atoms with Crippen molar-refractivity contribution in [3.8, 4) is 0 Å². The van der Waals surface area contributed by atoms with Gasteiger partial charge in [-0.25, -0.2) is 0 Å². The van der Waals surface area contributed by atoms with Gasteiger partial charge in [-0.3, -0.25) is 4.68 Å². The summed E-state index contributed by atoms with van der Waals surface area (Å²) in [6, 6.07) is 0. The SMILES string of the molecule is C=C1C(Cl)=CC(C)=C(c2nn(C)c(C(C)(F)F)c2Cl)N1C. The van der Waals surface area contributed by atoms with Crippen LogP contribution in [0, 0.1) is 0 Å². The van der Waals surface area contributed by atoms with E-state index in [0.717, 1.165) is 17.2 Å². The monoisotopic (exact) mass is 333 g/mol. The smallest absolute Gasteiger partial charge is 0.288 e. The van der Waals surface area contributed by atoms with Crippen LogP contribution in [-0.2, 0) is 13.0 Å². The van der Waals surface area contributed by atoms with E-state index in [4.69, 9.17) is 23.2 Å². The van der Waals surface area contributed by atoms with E-state index < -0.39 is 5.92 Å². The first kappa shape index (κ1) is 16.0. The Bertz CT molecular complexity index is 681. The quantitative estimate of drug-likeness (QED) is 0.794. The molecule has 0 aliphatic carbocycles. The summed E-state index contributed by atoms with van der Waals surface area (Å²) < 4.78 is 28.4. The summed E-state index contributed by atoms with van der Waals surface area (Å²) in [5.41, 5.74) is 1.92. The molecule has 7 heteroatoms. The predicted molar refractivity (Wildman–Crippen MR) is 81.2 cm³/mol. The molecule has 2 heterocycles. The normalized spacial score (nSPS) is 16.7. The zero-order chi connectivity index (χ0) is 16.1. The molecule has 0 radical (unpaired) electrons. The first-order chi connectivity index (χ1) is 9.55. The molecule has 0 saturated heterocycles. The third-order valence-corrected chi connectivity index (χ3v) is 4.05. The van der Waals surface area contributed by atoms with Gasteiger partial charge in [0.15, 0.2) is 0 Å². The number of alkyl halides is 2. The Morgan fingerprint density at radius 2 is 1.86 bits per heavy atom. The predicted octanol–water partition coefficient (Wildman–Crippen LogP) is 4.50. The number of allylic oxidation sites excluding steroid dienone is 3. The summed E-state index contributed by atoms with van der Waals surface area (Å²) in [5, 5.41) is 4.58. The standard InChI is InChI=1S/C14H15Cl2F2N3/c1-7-6-9(15)8(2)20(4)12(7)11-10(16)13(14(3,17)18)21(5)19-11/h6H,2H2,1,3-5H3. The van der Waals surface area contributed by atoms with Crippen LogP contribution in [-0.4, -0.2) is 21.7 Å². The van der Waals surface area contributed by atoms with E-state index in [1.165, 1.54) is 7.05 Å². The summed E-state index contributed by atoms with van der Waals surface area (Å²) in [6.07, 6.45) is 1.72. The number of likely N-dealkylation sites (N-methyl/N-ethyl adjacent to an activating group) is 1. The average molecular weight is 334 g/mol. The fourth-order valence-corrected chi connectivity index (χ4v) is 3.08. The Morgan fingerprint density at radius 1 is 1.29 bits per heavy atom. The molecule has 1 aliphatic rings. The molecule has 0 aromatic carbocycles. The second-order valence-electron chi connectivity index (χ2n) is 5.05. The van der Waals surface area contributed by atoms with Crippen molar-refractivity contribution in [2.75, 3.05) is 7.05 Å². The highest BCUT2D eigenvalue weighted by Gasteiger charge is 2.35. The first-order valence-corrected chi connectivity index (χ1v) is 6.93. The van der Waals surface area contributed by atoms with Gasteiger partial charge in [0.1, 0.15) is 11.4 Å². The van der Waals surface area contributed by atoms with Crippen molar-refractivity contribution < 1.29 is 8.78 Å². The number of rotatable bonds is 2. The molecule has 0 atom stereocenters. The maximum atomic E-state index is 13.7. The summed E-state index contributed by atoms with van der Waals surface area (Å²) in [7, 11) is 3.18. The zero-order valence-corrected chi connectivity index (χ0v) is 13.6. The Balaban J connectivity index is 2.69. The van der Waals surface area contributed by atoms with Crippen molar-refractivity contribution >= 4 is 28.9 Å². The molecule has 0 amide bonds. The van der Waals surface area contributed by atoms with Gasteiger partial charge in [0.05, 0.1) is 21.4 Å². The van der Waals surface area contributed by atoms with Gasteiger partial charge in [-0.05, 0) is 18.6 Å². The highest BCUT2D eigenvalue weighted by molar-refractivity contribution is 6.33. The second-order valence-corrected chi connectivity index (χ2v) is 5.84. The second kappa shape index (κ2) is 5.14. The van der Waals surface area contributed by atoms with E-state index in [1.807, 2.05) is 6.92 Å². The van der Waals surface area contributed by atoms with Crippen LogP contribution in [0.4, 0.5) is 8.78 Å². The van der Waals surface area contributed by atoms with Gasteiger partial charge < -0.3 is 4.90 Å². The van der Waals surface area contributed by atoms with Gasteiger partial charge in [-0.1, -0.05) is 29.8 Å². The average Bonchev–Trinajstić information content (AvgIpc) is 2.61. The van der Waals surface area contributed by atoms with Crippen LogP contribution in [0.1, 0.15) is 25.2 Å². The van der Waals surface area contributed by atoms with Gasteiger partial charge in [-0.15, -0.1) is 0 Å². The largest absolute Gasteiger partial charge is 0.342 e. The van der Waals surface area contributed by atoms with E-state index in [0.29, 0.717) is 16.4 Å². The lowest BCUT2D eigenvalue weighted by molar-refractivity contribution is 0.00895. The number of hydrogen-bond acceptors (Lipinski definition) is 2. The van der Waals surface area contributed by atoms with E-state index in [2.05, 4.69) is 11.7 Å². The van der Waals surface area contributed by atoms with Gasteiger partial charge in [0, 0.05) is 21.0 Å². The summed E-state index contributed by atoms with van der Waals surface area (Å²) in [6.45, 7) is 6.47. The molecule has 1 aliphatic heterocycles. The van der Waals surface area contributed by atoms with Crippen molar-refractivity contribution in [3.05, 3.63) is 45.4 Å². The van der Waals surface area contributed by atoms with E-state index >= 15 is 0 Å². The molecule has 0 fully saturated rings. The lowest BCUT2D eigenvalue weighted by Crippen LogP contribution is -2.20. The Morgan fingerprint density at radius 3 is 2.33 bits per heavy atom. The van der Waals surface area contributed by atoms with Crippen LogP contribution < -0.4 is 0 Å². The lowest BCUT2D eigenvalue weighted by atomic mass is 10.1. The summed E-state index contributed by atoms with van der Waals surface area (Å²) >= 11 is 12.2. The Hall–Kier alpha value is -1.33. The van der Waals surface area contributed by atoms with E-state index in [-0.39, 0.29) is 16.4 Å². The Labute approximate surface area is 132 Å². The van der Waals surface area contributed by atoms with Crippen molar-refractivity contribution in [1.82, 2.24) is 14.7 Å². The van der Waals surface area contributed by atoms with Gasteiger partial charge in [0.25, 0.3) is 5.92 Å². The van der Waals surface area contributed by atoms with Crippen molar-refractivity contribution in [1.29, 1.82) is 0 Å². The fourth-order valence-electron chi connectivity index (χ4n) is 2.37. The minimum atomic E-state index is -3.08. The third kappa shape index (κ3) is 2.60. The molecule has 0 unspecified atom stereocenters. The molecule has 0 spiro atoms. The first-order valence-electron chi connectivity index (χ1n) is 6.18. The van der Waals surface area contributed by atoms with E-state index in [1.54, 1.807) is 18.0 Å². The topological polar surface area (TPSA) is 21.1 Å². The number of aromatic nitrogens is 2. The van der Waals surface area contributed by atoms with Crippen molar-refractivity contribution in [3.63, 3.8) is 0 Å². The zero-order valence-electron chi connectivity index (χ0n) is 12.1. The van der Waals surface area contributed by atoms with Crippen LogP contribution >= 0.6 is 23.2 Å². The van der Waals surface area contributed by atoms with Crippen LogP contribution in [0.15, 0.2) is 29.0 Å². The molecule has 114 valence electrons. The molecule has 0 N–H and O–H groups in total. The molecule has 1 aromatic heterocycles. The molecule has 21 heavy (non-hydrogen) atoms. The van der Waals surface area contributed by atoms with Crippen LogP contribution in [0.25, 0.3) is 5.70 Å². The molecule has 0 saturated carbocycles.